The van der Waals surface area contributed by atoms with Crippen LogP contribution in [0.3, 0.4) is 0 Å². The summed E-state index contributed by atoms with van der Waals surface area (Å²) < 4.78 is 5.08. The Morgan fingerprint density at radius 1 is 1.08 bits per heavy atom. The van der Waals surface area contributed by atoms with E-state index >= 15 is 0 Å². The molecule has 1 aliphatic rings. The highest BCUT2D eigenvalue weighted by Crippen LogP contribution is 2.22. The molecule has 25 heavy (non-hydrogen) atoms. The zero-order valence-corrected chi connectivity index (χ0v) is 13.5. The standard InChI is InChI=1S/C18H16N4O3/c1-25-14-9-7-12(8-10-14)20-18(19)21-15-11-16(23)22(17(15)24)13-5-3-2-4-6-13/h2-11H,1H3,(H3,19,20,21). The van der Waals surface area contributed by atoms with Crippen LogP contribution in [0.4, 0.5) is 11.4 Å². The molecule has 0 bridgehead atoms. The molecule has 0 aliphatic carbocycles. The summed E-state index contributed by atoms with van der Waals surface area (Å²) in [5.74, 6) is -0.255. The number of para-hydroxylation sites is 1. The normalized spacial score (nSPS) is 14.5. The van der Waals surface area contributed by atoms with Gasteiger partial charge in [0.15, 0.2) is 5.96 Å². The molecule has 0 spiro atoms. The number of benzene rings is 2. The molecule has 126 valence electrons. The Morgan fingerprint density at radius 3 is 2.40 bits per heavy atom. The fraction of sp³-hybridized carbons (Fsp3) is 0.0556. The number of amides is 2. The summed E-state index contributed by atoms with van der Waals surface area (Å²) in [6.45, 7) is 0. The number of methoxy groups -OCH3 is 1. The lowest BCUT2D eigenvalue weighted by atomic mass is 10.3. The van der Waals surface area contributed by atoms with Gasteiger partial charge in [0.25, 0.3) is 11.8 Å². The SMILES string of the molecule is COc1ccc(NC(N)=NC2=CC(=O)N(c3ccccc3)C2=O)cc1. The number of nitrogens with two attached hydrogens (primary N) is 1. The monoisotopic (exact) mass is 336 g/mol. The smallest absolute Gasteiger partial charge is 0.284 e. The summed E-state index contributed by atoms with van der Waals surface area (Å²) in [5, 5.41) is 2.86. The van der Waals surface area contributed by atoms with Crippen LogP contribution in [0.25, 0.3) is 0 Å². The molecule has 7 heteroatoms. The summed E-state index contributed by atoms with van der Waals surface area (Å²) in [4.78, 5) is 29.6. The molecule has 0 saturated heterocycles. The van der Waals surface area contributed by atoms with Crippen LogP contribution < -0.4 is 20.7 Å². The average Bonchev–Trinajstić information content (AvgIpc) is 2.89. The van der Waals surface area contributed by atoms with Gasteiger partial charge in [-0.2, -0.15) is 0 Å². The maximum atomic E-state index is 12.4. The number of hydrogen-bond acceptors (Lipinski definition) is 4. The van der Waals surface area contributed by atoms with E-state index in [-0.39, 0.29) is 11.7 Å². The van der Waals surface area contributed by atoms with Crippen LogP contribution >= 0.6 is 0 Å². The molecule has 0 aromatic heterocycles. The molecule has 0 radical (unpaired) electrons. The van der Waals surface area contributed by atoms with E-state index in [1.54, 1.807) is 61.7 Å². The summed E-state index contributed by atoms with van der Waals surface area (Å²) in [7, 11) is 1.58. The van der Waals surface area contributed by atoms with Crippen molar-refractivity contribution in [2.45, 2.75) is 0 Å². The minimum Gasteiger partial charge on any atom is -0.497 e. The number of anilines is 2. The summed E-state index contributed by atoms with van der Waals surface area (Å²) >= 11 is 0. The zero-order chi connectivity index (χ0) is 17.8. The first kappa shape index (κ1) is 16.3. The highest BCUT2D eigenvalue weighted by molar-refractivity contribution is 6.30. The van der Waals surface area contributed by atoms with Crippen molar-refractivity contribution in [2.24, 2.45) is 10.7 Å². The van der Waals surface area contributed by atoms with Crippen molar-refractivity contribution in [3.05, 3.63) is 66.4 Å². The molecule has 2 aromatic carbocycles. The summed E-state index contributed by atoms with van der Waals surface area (Å²) in [5.41, 5.74) is 6.98. The lowest BCUT2D eigenvalue weighted by Gasteiger charge is -2.13. The lowest BCUT2D eigenvalue weighted by Crippen LogP contribution is -2.31. The number of aliphatic imine (C=N–C) groups is 1. The van der Waals surface area contributed by atoms with E-state index in [2.05, 4.69) is 10.3 Å². The van der Waals surface area contributed by atoms with Crippen LogP contribution in [0.2, 0.25) is 0 Å². The van der Waals surface area contributed by atoms with Gasteiger partial charge in [-0.15, -0.1) is 0 Å². The molecule has 1 heterocycles. The number of hydrogen-bond donors (Lipinski definition) is 2. The Morgan fingerprint density at radius 2 is 1.76 bits per heavy atom. The number of nitrogens with zero attached hydrogens (tertiary/aromatic N) is 2. The maximum absolute atomic E-state index is 12.4. The Balaban J connectivity index is 1.75. The van der Waals surface area contributed by atoms with Crippen molar-refractivity contribution < 1.29 is 14.3 Å². The molecular weight excluding hydrogens is 320 g/mol. The molecule has 0 saturated carbocycles. The van der Waals surface area contributed by atoms with Gasteiger partial charge in [-0.05, 0) is 36.4 Å². The molecule has 2 aromatic rings. The second kappa shape index (κ2) is 6.88. The summed E-state index contributed by atoms with van der Waals surface area (Å²) in [6, 6.07) is 15.7. The molecule has 0 fully saturated rings. The maximum Gasteiger partial charge on any atom is 0.284 e. The van der Waals surface area contributed by atoms with Gasteiger partial charge in [0, 0.05) is 11.8 Å². The average molecular weight is 336 g/mol. The Bertz CT molecular complexity index is 858. The van der Waals surface area contributed by atoms with Gasteiger partial charge in [0.2, 0.25) is 0 Å². The van der Waals surface area contributed by atoms with E-state index in [0.29, 0.717) is 17.1 Å². The second-order valence-electron chi connectivity index (χ2n) is 5.19. The number of guanidine groups is 1. The van der Waals surface area contributed by atoms with Crippen LogP contribution in [-0.2, 0) is 9.59 Å². The first-order chi connectivity index (χ1) is 12.1. The Hall–Kier alpha value is -3.61. The molecule has 2 amide bonds. The predicted molar refractivity (Wildman–Crippen MR) is 95.3 cm³/mol. The second-order valence-corrected chi connectivity index (χ2v) is 5.19. The third kappa shape index (κ3) is 3.50. The van der Waals surface area contributed by atoms with Gasteiger partial charge in [-0.1, -0.05) is 18.2 Å². The Labute approximate surface area is 144 Å². The fourth-order valence-corrected chi connectivity index (χ4v) is 2.34. The number of ether oxygens (including phenoxy) is 1. The third-order valence-corrected chi connectivity index (χ3v) is 3.52. The first-order valence-corrected chi connectivity index (χ1v) is 7.49. The van der Waals surface area contributed by atoms with Crippen LogP contribution in [0, 0.1) is 0 Å². The number of carbonyl (C=O) groups excluding carboxylic acids is 2. The van der Waals surface area contributed by atoms with E-state index in [1.165, 1.54) is 0 Å². The topological polar surface area (TPSA) is 97.0 Å². The van der Waals surface area contributed by atoms with Gasteiger partial charge >= 0.3 is 0 Å². The molecule has 0 atom stereocenters. The van der Waals surface area contributed by atoms with Crippen molar-refractivity contribution in [1.29, 1.82) is 0 Å². The van der Waals surface area contributed by atoms with E-state index in [4.69, 9.17) is 10.5 Å². The van der Waals surface area contributed by atoms with Crippen molar-refractivity contribution in [3.63, 3.8) is 0 Å². The lowest BCUT2D eigenvalue weighted by molar-refractivity contribution is -0.120. The van der Waals surface area contributed by atoms with Gasteiger partial charge in [0.1, 0.15) is 11.4 Å². The van der Waals surface area contributed by atoms with Crippen molar-refractivity contribution in [2.75, 3.05) is 17.3 Å². The van der Waals surface area contributed by atoms with Crippen LogP contribution in [0.1, 0.15) is 0 Å². The van der Waals surface area contributed by atoms with E-state index in [9.17, 15) is 9.59 Å². The van der Waals surface area contributed by atoms with E-state index < -0.39 is 11.8 Å². The quantitative estimate of drug-likeness (QED) is 0.505. The van der Waals surface area contributed by atoms with Crippen molar-refractivity contribution in [3.8, 4) is 5.75 Å². The van der Waals surface area contributed by atoms with Crippen LogP contribution in [-0.4, -0.2) is 24.9 Å². The molecule has 3 rings (SSSR count). The number of rotatable bonds is 4. The zero-order valence-electron chi connectivity index (χ0n) is 13.5. The van der Waals surface area contributed by atoms with Gasteiger partial charge in [0.05, 0.1) is 12.8 Å². The van der Waals surface area contributed by atoms with Gasteiger partial charge < -0.3 is 15.8 Å². The van der Waals surface area contributed by atoms with Crippen molar-refractivity contribution in [1.82, 2.24) is 0 Å². The van der Waals surface area contributed by atoms with E-state index in [0.717, 1.165) is 11.0 Å². The highest BCUT2D eigenvalue weighted by Gasteiger charge is 2.32. The molecule has 7 nitrogen and oxygen atoms in total. The highest BCUT2D eigenvalue weighted by atomic mass is 16.5. The van der Waals surface area contributed by atoms with E-state index in [1.807, 2.05) is 0 Å². The Kier molecular flexibility index (Phi) is 4.47. The fourth-order valence-electron chi connectivity index (χ4n) is 2.34. The van der Waals surface area contributed by atoms with Gasteiger partial charge in [-0.3, -0.25) is 9.59 Å². The molecule has 1 aliphatic heterocycles. The number of carbonyl (C=O) groups is 2. The number of imide groups is 1. The van der Waals surface area contributed by atoms with Gasteiger partial charge in [-0.25, -0.2) is 9.89 Å². The first-order valence-electron chi connectivity index (χ1n) is 7.49. The molecular formula is C18H16N4O3. The number of nitrogens with one attached hydrogen (secondary N) is 1. The molecule has 3 N–H and O–H groups in total. The van der Waals surface area contributed by atoms with Crippen molar-refractivity contribution >= 4 is 29.1 Å². The largest absolute Gasteiger partial charge is 0.497 e. The summed E-state index contributed by atoms with van der Waals surface area (Å²) in [6.07, 6.45) is 1.16. The minimum absolute atomic E-state index is 0.00692. The van der Waals surface area contributed by atoms with Crippen LogP contribution in [0.5, 0.6) is 5.75 Å². The predicted octanol–water partition coefficient (Wildman–Crippen LogP) is 1.88. The molecule has 0 unspecified atom stereocenters. The minimum atomic E-state index is -0.518. The van der Waals surface area contributed by atoms with Crippen LogP contribution in [0.15, 0.2) is 71.4 Å². The third-order valence-electron chi connectivity index (χ3n) is 3.52.